The van der Waals surface area contributed by atoms with Crippen LogP contribution in [0.4, 0.5) is 0 Å². The standard InChI is InChI=1S/C8H15IO2/c1-8(2,5-4-6-9)11-7-10-3/h4,6H,5,7H2,1-3H3. The maximum atomic E-state index is 5.40. The van der Waals surface area contributed by atoms with Crippen LogP contribution >= 0.6 is 22.6 Å². The zero-order chi connectivity index (χ0) is 8.74. The van der Waals surface area contributed by atoms with Crippen molar-refractivity contribution in [3.05, 3.63) is 10.2 Å². The van der Waals surface area contributed by atoms with E-state index in [0.717, 1.165) is 6.42 Å². The molecule has 0 aliphatic heterocycles. The predicted octanol–water partition coefficient (Wildman–Crippen LogP) is 2.72. The number of hydrogen-bond donors (Lipinski definition) is 0. The lowest BCUT2D eigenvalue weighted by Crippen LogP contribution is -2.24. The molecule has 0 aromatic rings. The fraction of sp³-hybridized carbons (Fsp3) is 0.750. The molecule has 0 saturated heterocycles. The Morgan fingerprint density at radius 3 is 2.55 bits per heavy atom. The van der Waals surface area contributed by atoms with Crippen LogP contribution in [0.25, 0.3) is 0 Å². The van der Waals surface area contributed by atoms with Crippen molar-refractivity contribution in [1.82, 2.24) is 0 Å². The molecule has 0 N–H and O–H groups in total. The lowest BCUT2D eigenvalue weighted by Gasteiger charge is -2.22. The van der Waals surface area contributed by atoms with Crippen LogP contribution in [-0.4, -0.2) is 19.5 Å². The molecule has 0 fully saturated rings. The smallest absolute Gasteiger partial charge is 0.147 e. The third kappa shape index (κ3) is 6.77. The molecule has 66 valence electrons. The molecule has 0 spiro atoms. The van der Waals surface area contributed by atoms with Gasteiger partial charge in [0.2, 0.25) is 0 Å². The van der Waals surface area contributed by atoms with E-state index >= 15 is 0 Å². The molecular formula is C8H15IO2. The molecule has 0 amide bonds. The highest BCUT2D eigenvalue weighted by Gasteiger charge is 2.15. The summed E-state index contributed by atoms with van der Waals surface area (Å²) in [4.78, 5) is 0. The van der Waals surface area contributed by atoms with E-state index in [-0.39, 0.29) is 5.60 Å². The molecule has 3 heteroatoms. The third-order valence-corrected chi connectivity index (χ3v) is 1.77. The average molecular weight is 270 g/mol. The van der Waals surface area contributed by atoms with E-state index in [1.807, 2.05) is 17.9 Å². The Morgan fingerprint density at radius 2 is 2.09 bits per heavy atom. The van der Waals surface area contributed by atoms with Crippen molar-refractivity contribution in [1.29, 1.82) is 0 Å². The van der Waals surface area contributed by atoms with Gasteiger partial charge in [0.1, 0.15) is 6.79 Å². The van der Waals surface area contributed by atoms with Gasteiger partial charge in [0.15, 0.2) is 0 Å². The van der Waals surface area contributed by atoms with Crippen LogP contribution in [0.3, 0.4) is 0 Å². The molecule has 0 aliphatic carbocycles. The van der Waals surface area contributed by atoms with Crippen molar-refractivity contribution in [3.8, 4) is 0 Å². The van der Waals surface area contributed by atoms with E-state index in [1.54, 1.807) is 7.11 Å². The SMILES string of the molecule is COCOC(C)(C)CC=CI. The minimum absolute atomic E-state index is 0.113. The van der Waals surface area contributed by atoms with Gasteiger partial charge in [-0.3, -0.25) is 0 Å². The van der Waals surface area contributed by atoms with Gasteiger partial charge < -0.3 is 9.47 Å². The van der Waals surface area contributed by atoms with Crippen LogP contribution in [0.15, 0.2) is 10.2 Å². The maximum Gasteiger partial charge on any atom is 0.147 e. The van der Waals surface area contributed by atoms with E-state index in [4.69, 9.17) is 9.47 Å². The Balaban J connectivity index is 3.60. The second-order valence-electron chi connectivity index (χ2n) is 2.88. The Morgan fingerprint density at radius 1 is 1.45 bits per heavy atom. The van der Waals surface area contributed by atoms with E-state index in [1.165, 1.54) is 0 Å². The van der Waals surface area contributed by atoms with E-state index in [9.17, 15) is 0 Å². The highest BCUT2D eigenvalue weighted by molar-refractivity contribution is 14.1. The van der Waals surface area contributed by atoms with Crippen LogP contribution < -0.4 is 0 Å². The maximum absolute atomic E-state index is 5.40. The molecule has 0 heterocycles. The van der Waals surface area contributed by atoms with E-state index in [2.05, 4.69) is 28.7 Å². The first-order valence-corrected chi connectivity index (χ1v) is 4.75. The molecule has 0 aliphatic rings. The van der Waals surface area contributed by atoms with Crippen molar-refractivity contribution in [2.45, 2.75) is 25.9 Å². The summed E-state index contributed by atoms with van der Waals surface area (Å²) < 4.78 is 12.2. The Kier molecular flexibility index (Phi) is 6.18. The summed E-state index contributed by atoms with van der Waals surface area (Å²) in [5.74, 6) is 0. The highest BCUT2D eigenvalue weighted by Crippen LogP contribution is 2.15. The molecule has 0 unspecified atom stereocenters. The van der Waals surface area contributed by atoms with Gasteiger partial charge in [-0.15, -0.1) is 0 Å². The lowest BCUT2D eigenvalue weighted by atomic mass is 10.1. The fourth-order valence-corrected chi connectivity index (χ4v) is 0.860. The predicted molar refractivity (Wildman–Crippen MR) is 54.8 cm³/mol. The summed E-state index contributed by atoms with van der Waals surface area (Å²) >= 11 is 2.20. The second-order valence-corrected chi connectivity index (χ2v) is 3.60. The van der Waals surface area contributed by atoms with Crippen molar-refractivity contribution in [3.63, 3.8) is 0 Å². The van der Waals surface area contributed by atoms with E-state index in [0.29, 0.717) is 6.79 Å². The van der Waals surface area contributed by atoms with Gasteiger partial charge in [0.25, 0.3) is 0 Å². The van der Waals surface area contributed by atoms with Crippen molar-refractivity contribution in [2.75, 3.05) is 13.9 Å². The lowest BCUT2D eigenvalue weighted by molar-refractivity contribution is -0.112. The zero-order valence-electron chi connectivity index (χ0n) is 7.26. The average Bonchev–Trinajstić information content (AvgIpc) is 1.97. The summed E-state index contributed by atoms with van der Waals surface area (Å²) in [6.45, 7) is 4.45. The van der Waals surface area contributed by atoms with Crippen LogP contribution in [0.1, 0.15) is 20.3 Å². The number of hydrogen-bond acceptors (Lipinski definition) is 2. The largest absolute Gasteiger partial charge is 0.359 e. The monoisotopic (exact) mass is 270 g/mol. The van der Waals surface area contributed by atoms with Gasteiger partial charge >= 0.3 is 0 Å². The topological polar surface area (TPSA) is 18.5 Å². The first-order valence-electron chi connectivity index (χ1n) is 3.50. The van der Waals surface area contributed by atoms with Crippen molar-refractivity contribution < 1.29 is 9.47 Å². The zero-order valence-corrected chi connectivity index (χ0v) is 9.42. The second kappa shape index (κ2) is 5.97. The van der Waals surface area contributed by atoms with Crippen molar-refractivity contribution in [2.24, 2.45) is 0 Å². The summed E-state index contributed by atoms with van der Waals surface area (Å²) in [6.07, 6.45) is 3.00. The van der Waals surface area contributed by atoms with Crippen LogP contribution in [0, 0.1) is 0 Å². The molecule has 11 heavy (non-hydrogen) atoms. The summed E-state index contributed by atoms with van der Waals surface area (Å²) in [6, 6.07) is 0. The van der Waals surface area contributed by atoms with Gasteiger partial charge in [-0.1, -0.05) is 28.7 Å². The van der Waals surface area contributed by atoms with Crippen LogP contribution in [0.2, 0.25) is 0 Å². The quantitative estimate of drug-likeness (QED) is 0.565. The molecule has 0 atom stereocenters. The van der Waals surface area contributed by atoms with Crippen LogP contribution in [-0.2, 0) is 9.47 Å². The minimum atomic E-state index is -0.113. The van der Waals surface area contributed by atoms with Crippen LogP contribution in [0.5, 0.6) is 0 Å². The Hall–Kier alpha value is 0.390. The van der Waals surface area contributed by atoms with Crippen molar-refractivity contribution >= 4 is 22.6 Å². The summed E-state index contributed by atoms with van der Waals surface area (Å²) in [5.41, 5.74) is -0.113. The number of halogens is 1. The van der Waals surface area contributed by atoms with E-state index < -0.39 is 0 Å². The summed E-state index contributed by atoms with van der Waals surface area (Å²) in [7, 11) is 1.63. The molecule has 0 bridgehead atoms. The Bertz CT molecular complexity index is 121. The van der Waals surface area contributed by atoms with Gasteiger partial charge in [-0.05, 0) is 24.4 Å². The number of methoxy groups -OCH3 is 1. The molecular weight excluding hydrogens is 255 g/mol. The summed E-state index contributed by atoms with van der Waals surface area (Å²) in [5, 5.41) is 0. The Labute approximate surface area is 82.1 Å². The fourth-order valence-electron chi connectivity index (χ4n) is 0.606. The third-order valence-electron chi connectivity index (χ3n) is 1.27. The van der Waals surface area contributed by atoms with Gasteiger partial charge in [-0.25, -0.2) is 0 Å². The van der Waals surface area contributed by atoms with Gasteiger partial charge in [0, 0.05) is 7.11 Å². The molecule has 0 aromatic heterocycles. The molecule has 0 aromatic carbocycles. The number of ether oxygens (including phenoxy) is 2. The minimum Gasteiger partial charge on any atom is -0.359 e. The van der Waals surface area contributed by atoms with Gasteiger partial charge in [0.05, 0.1) is 5.60 Å². The first kappa shape index (κ1) is 11.4. The normalized spacial score (nSPS) is 12.7. The highest BCUT2D eigenvalue weighted by atomic mass is 127. The van der Waals surface area contributed by atoms with Gasteiger partial charge in [-0.2, -0.15) is 0 Å². The first-order chi connectivity index (χ1) is 5.12. The molecule has 0 radical (unpaired) electrons. The molecule has 2 nitrogen and oxygen atoms in total. The molecule has 0 rings (SSSR count). The molecule has 0 saturated carbocycles. The number of rotatable bonds is 5.